The number of nitrogens with zero attached hydrogens (tertiary/aromatic N) is 1. The fourth-order valence-electron chi connectivity index (χ4n) is 3.52. The van der Waals surface area contributed by atoms with Gasteiger partial charge in [-0.1, -0.05) is 62.4 Å². The van der Waals surface area contributed by atoms with E-state index in [0.29, 0.717) is 0 Å². The molecule has 0 saturated heterocycles. The zero-order chi connectivity index (χ0) is 15.5. The first-order valence-corrected chi connectivity index (χ1v) is 12.2. The number of benzene rings is 1. The van der Waals surface area contributed by atoms with E-state index in [9.17, 15) is 0 Å². The minimum Gasteiger partial charge on any atom is -0.299 e. The second-order valence-corrected chi connectivity index (χ2v) is 13.0. The molecule has 1 aliphatic carbocycles. The molecule has 0 N–H and O–H groups in total. The average molecular weight is 304 g/mol. The van der Waals surface area contributed by atoms with Gasteiger partial charge >= 0.3 is 0 Å². The molecule has 0 unspecified atom stereocenters. The van der Waals surface area contributed by atoms with Crippen LogP contribution in [-0.4, -0.2) is 26.1 Å². The second-order valence-electron chi connectivity index (χ2n) is 7.94. The third-order valence-electron chi connectivity index (χ3n) is 5.27. The van der Waals surface area contributed by atoms with E-state index in [2.05, 4.69) is 62.8 Å². The zero-order valence-corrected chi connectivity index (χ0v) is 15.7. The van der Waals surface area contributed by atoms with Crippen LogP contribution in [0, 0.1) is 5.92 Å². The lowest BCUT2D eigenvalue weighted by atomic mass is 9.84. The summed E-state index contributed by atoms with van der Waals surface area (Å²) in [5.41, 5.74) is 1.47. The molecule has 0 atom stereocenters. The Morgan fingerprint density at radius 3 is 2.05 bits per heavy atom. The first kappa shape index (κ1) is 16.8. The number of hydrogen-bond acceptors (Lipinski definition) is 1. The molecule has 1 fully saturated rings. The Hall–Kier alpha value is -0.603. The molecule has 2 heteroatoms. The minimum atomic E-state index is -1.15. The van der Waals surface area contributed by atoms with E-state index in [1.54, 1.807) is 5.19 Å². The van der Waals surface area contributed by atoms with Crippen molar-refractivity contribution in [1.29, 1.82) is 0 Å². The van der Waals surface area contributed by atoms with Crippen LogP contribution in [0.1, 0.15) is 44.6 Å². The molecular formula is C19H33NSi. The molecule has 1 aromatic rings. The fourth-order valence-corrected chi connectivity index (χ4v) is 4.69. The van der Waals surface area contributed by atoms with Gasteiger partial charge in [-0.25, -0.2) is 0 Å². The van der Waals surface area contributed by atoms with Gasteiger partial charge in [-0.2, -0.15) is 0 Å². The quantitative estimate of drug-likeness (QED) is 0.717. The molecule has 0 aromatic heterocycles. The van der Waals surface area contributed by atoms with Gasteiger partial charge in [0.2, 0.25) is 0 Å². The van der Waals surface area contributed by atoms with Gasteiger partial charge in [-0.05, 0) is 44.2 Å². The number of hydrogen-bond donors (Lipinski definition) is 0. The molecule has 1 saturated carbocycles. The van der Waals surface area contributed by atoms with E-state index < -0.39 is 8.07 Å². The molecule has 1 aromatic carbocycles. The predicted octanol–water partition coefficient (Wildman–Crippen LogP) is 4.63. The summed E-state index contributed by atoms with van der Waals surface area (Å²) >= 11 is 0. The monoisotopic (exact) mass is 303 g/mol. The summed E-state index contributed by atoms with van der Waals surface area (Å²) in [4.78, 5) is 2.58. The highest BCUT2D eigenvalue weighted by Crippen LogP contribution is 2.29. The molecule has 118 valence electrons. The molecule has 1 nitrogen and oxygen atoms in total. The molecule has 0 amide bonds. The van der Waals surface area contributed by atoms with E-state index in [0.717, 1.165) is 18.5 Å². The van der Waals surface area contributed by atoms with E-state index >= 15 is 0 Å². The molecule has 0 aliphatic heterocycles. The normalized spacial score (nSPS) is 23.5. The molecule has 0 bridgehead atoms. The predicted molar refractivity (Wildman–Crippen MR) is 96.9 cm³/mol. The van der Waals surface area contributed by atoms with Gasteiger partial charge in [-0.15, -0.1) is 0 Å². The standard InChI is InChI=1S/C19H33NSi/c1-6-16-7-11-18(12-8-16)20(2)15-17-9-13-19(14-10-17)21(3,4)5/h9-10,13-14,16,18H,6-8,11-12,15H2,1-5H3. The van der Waals surface area contributed by atoms with Crippen molar-refractivity contribution in [3.8, 4) is 0 Å². The van der Waals surface area contributed by atoms with Crippen LogP contribution < -0.4 is 5.19 Å². The summed E-state index contributed by atoms with van der Waals surface area (Å²) in [5, 5.41) is 1.57. The van der Waals surface area contributed by atoms with Gasteiger partial charge in [0, 0.05) is 12.6 Å². The lowest BCUT2D eigenvalue weighted by Gasteiger charge is -2.34. The summed E-state index contributed by atoms with van der Waals surface area (Å²) in [7, 11) is 1.15. The van der Waals surface area contributed by atoms with Gasteiger partial charge in [0.05, 0.1) is 8.07 Å². The maximum atomic E-state index is 2.58. The highest BCUT2D eigenvalue weighted by molar-refractivity contribution is 6.88. The Morgan fingerprint density at radius 2 is 1.57 bits per heavy atom. The molecule has 21 heavy (non-hydrogen) atoms. The second kappa shape index (κ2) is 7.10. The van der Waals surface area contributed by atoms with Crippen LogP contribution >= 0.6 is 0 Å². The van der Waals surface area contributed by atoms with Gasteiger partial charge < -0.3 is 0 Å². The van der Waals surface area contributed by atoms with E-state index in [4.69, 9.17) is 0 Å². The smallest absolute Gasteiger partial charge is 0.0775 e. The largest absolute Gasteiger partial charge is 0.299 e. The van der Waals surface area contributed by atoms with Crippen LogP contribution in [-0.2, 0) is 6.54 Å². The van der Waals surface area contributed by atoms with Gasteiger partial charge in [0.15, 0.2) is 0 Å². The summed E-state index contributed by atoms with van der Waals surface area (Å²) in [5.74, 6) is 0.991. The van der Waals surface area contributed by atoms with E-state index in [-0.39, 0.29) is 0 Å². The van der Waals surface area contributed by atoms with Crippen molar-refractivity contribution >= 4 is 13.3 Å². The Balaban J connectivity index is 1.89. The van der Waals surface area contributed by atoms with Crippen molar-refractivity contribution < 1.29 is 0 Å². The summed E-state index contributed by atoms with van der Waals surface area (Å²) < 4.78 is 0. The number of rotatable bonds is 5. The molecule has 1 aliphatic rings. The first-order valence-electron chi connectivity index (χ1n) is 8.69. The summed E-state index contributed by atoms with van der Waals surface area (Å²) in [6.45, 7) is 10.7. The minimum absolute atomic E-state index is 0.796. The lowest BCUT2D eigenvalue weighted by Crippen LogP contribution is -2.37. The van der Waals surface area contributed by atoms with Gasteiger partial charge in [0.25, 0.3) is 0 Å². The van der Waals surface area contributed by atoms with Crippen molar-refractivity contribution in [2.24, 2.45) is 5.92 Å². The van der Waals surface area contributed by atoms with Gasteiger partial charge in [-0.3, -0.25) is 4.90 Å². The van der Waals surface area contributed by atoms with Crippen molar-refractivity contribution in [1.82, 2.24) is 4.90 Å². The first-order chi connectivity index (χ1) is 9.90. The third kappa shape index (κ3) is 4.69. The van der Waals surface area contributed by atoms with Crippen molar-refractivity contribution in [3.63, 3.8) is 0 Å². The van der Waals surface area contributed by atoms with Crippen LogP contribution in [0.15, 0.2) is 24.3 Å². The Kier molecular flexibility index (Phi) is 5.67. The third-order valence-corrected chi connectivity index (χ3v) is 7.33. The Morgan fingerprint density at radius 1 is 1.00 bits per heavy atom. The SMILES string of the molecule is CCC1CCC(N(C)Cc2ccc([Si](C)(C)C)cc2)CC1. The molecule has 0 radical (unpaired) electrons. The summed E-state index contributed by atoms with van der Waals surface area (Å²) in [6, 6.07) is 10.2. The van der Waals surface area contributed by atoms with Crippen LogP contribution in [0.5, 0.6) is 0 Å². The van der Waals surface area contributed by atoms with E-state index in [1.807, 2.05) is 0 Å². The zero-order valence-electron chi connectivity index (χ0n) is 14.7. The topological polar surface area (TPSA) is 3.24 Å². The van der Waals surface area contributed by atoms with Crippen molar-refractivity contribution in [3.05, 3.63) is 29.8 Å². The Labute approximate surface area is 132 Å². The fraction of sp³-hybridized carbons (Fsp3) is 0.684. The van der Waals surface area contributed by atoms with Crippen LogP contribution in [0.2, 0.25) is 19.6 Å². The van der Waals surface area contributed by atoms with E-state index in [1.165, 1.54) is 37.7 Å². The van der Waals surface area contributed by atoms with Crippen molar-refractivity contribution in [2.45, 2.75) is 71.3 Å². The van der Waals surface area contributed by atoms with Crippen molar-refractivity contribution in [2.75, 3.05) is 7.05 Å². The molecule has 0 heterocycles. The molecule has 0 spiro atoms. The molecule has 2 rings (SSSR count). The summed E-state index contributed by atoms with van der Waals surface area (Å²) in [6.07, 6.45) is 7.01. The average Bonchev–Trinajstić information content (AvgIpc) is 2.47. The maximum Gasteiger partial charge on any atom is 0.0775 e. The highest BCUT2D eigenvalue weighted by atomic mass is 28.3. The van der Waals surface area contributed by atoms with Crippen LogP contribution in [0.25, 0.3) is 0 Å². The lowest BCUT2D eigenvalue weighted by molar-refractivity contribution is 0.157. The van der Waals surface area contributed by atoms with Crippen LogP contribution in [0.3, 0.4) is 0 Å². The van der Waals surface area contributed by atoms with Gasteiger partial charge in [0.1, 0.15) is 0 Å². The molecular weight excluding hydrogens is 270 g/mol. The van der Waals surface area contributed by atoms with Crippen LogP contribution in [0.4, 0.5) is 0 Å². The maximum absolute atomic E-state index is 2.58. The highest BCUT2D eigenvalue weighted by Gasteiger charge is 2.23. The Bertz CT molecular complexity index is 424.